The average molecular weight is 283 g/mol. The highest BCUT2D eigenvalue weighted by atomic mass is 32.1. The van der Waals surface area contributed by atoms with Crippen LogP contribution < -0.4 is 5.32 Å². The quantitative estimate of drug-likeness (QED) is 0.857. The average Bonchev–Trinajstić information content (AvgIpc) is 3.05. The molecule has 1 aromatic rings. The molecule has 1 aliphatic carbocycles. The van der Waals surface area contributed by atoms with Crippen molar-refractivity contribution in [2.24, 2.45) is 5.41 Å². The number of aliphatic carboxylic acids is 1. The summed E-state index contributed by atoms with van der Waals surface area (Å²) in [4.78, 5) is 28.6. The Bertz CT molecular complexity index is 496. The van der Waals surface area contributed by atoms with E-state index in [1.54, 1.807) is 18.4 Å². The van der Waals surface area contributed by atoms with Crippen LogP contribution >= 0.6 is 11.3 Å². The molecular weight excluding hydrogens is 266 g/mol. The van der Waals surface area contributed by atoms with Crippen molar-refractivity contribution in [3.05, 3.63) is 16.1 Å². The van der Waals surface area contributed by atoms with Crippen LogP contribution in [0, 0.1) is 12.3 Å². The van der Waals surface area contributed by atoms with Crippen LogP contribution in [0.1, 0.15) is 23.5 Å². The summed E-state index contributed by atoms with van der Waals surface area (Å²) in [5.74, 6) is -0.828. The molecule has 0 spiro atoms. The zero-order valence-electron chi connectivity index (χ0n) is 11.0. The van der Waals surface area contributed by atoms with Gasteiger partial charge in [-0.2, -0.15) is 0 Å². The number of aromatic nitrogens is 1. The van der Waals surface area contributed by atoms with E-state index in [-0.39, 0.29) is 12.6 Å². The van der Waals surface area contributed by atoms with Gasteiger partial charge in [-0.05, 0) is 19.8 Å². The zero-order chi connectivity index (χ0) is 14.0. The number of carbonyl (C=O) groups is 2. The highest BCUT2D eigenvalue weighted by Crippen LogP contribution is 2.45. The topological polar surface area (TPSA) is 82.5 Å². The smallest absolute Gasteiger partial charge is 0.317 e. The molecule has 0 radical (unpaired) electrons. The van der Waals surface area contributed by atoms with Crippen LogP contribution in [-0.2, 0) is 11.3 Å². The lowest BCUT2D eigenvalue weighted by Crippen LogP contribution is -2.41. The van der Waals surface area contributed by atoms with Crippen molar-refractivity contribution in [1.82, 2.24) is 15.2 Å². The number of urea groups is 1. The maximum Gasteiger partial charge on any atom is 0.317 e. The van der Waals surface area contributed by atoms with E-state index in [1.165, 1.54) is 4.90 Å². The summed E-state index contributed by atoms with van der Waals surface area (Å²) in [5.41, 5.74) is 0.118. The SMILES string of the molecule is Cc1nc(CN(C)C(=O)NCC2(C(=O)O)CC2)cs1. The molecule has 1 aromatic heterocycles. The third-order valence-corrected chi connectivity index (χ3v) is 4.12. The minimum Gasteiger partial charge on any atom is -0.481 e. The van der Waals surface area contributed by atoms with E-state index in [0.29, 0.717) is 19.4 Å². The first kappa shape index (κ1) is 13.8. The number of thiazole rings is 1. The summed E-state index contributed by atoms with van der Waals surface area (Å²) in [5, 5.41) is 14.6. The molecule has 1 fully saturated rings. The molecule has 0 aliphatic heterocycles. The molecule has 6 nitrogen and oxygen atoms in total. The van der Waals surface area contributed by atoms with E-state index < -0.39 is 11.4 Å². The van der Waals surface area contributed by atoms with Crippen LogP contribution in [0.5, 0.6) is 0 Å². The van der Waals surface area contributed by atoms with Crippen LogP contribution in [-0.4, -0.2) is 40.6 Å². The van der Waals surface area contributed by atoms with E-state index in [9.17, 15) is 9.59 Å². The summed E-state index contributed by atoms with van der Waals surface area (Å²) in [7, 11) is 1.67. The third-order valence-electron chi connectivity index (χ3n) is 3.30. The highest BCUT2D eigenvalue weighted by Gasteiger charge is 2.50. The van der Waals surface area contributed by atoms with Crippen molar-refractivity contribution in [2.45, 2.75) is 26.3 Å². The van der Waals surface area contributed by atoms with Gasteiger partial charge in [-0.3, -0.25) is 4.79 Å². The van der Waals surface area contributed by atoms with Crippen molar-refractivity contribution in [1.29, 1.82) is 0 Å². The Morgan fingerprint density at radius 2 is 2.26 bits per heavy atom. The number of rotatable bonds is 5. The first-order valence-corrected chi connectivity index (χ1v) is 6.94. The Morgan fingerprint density at radius 3 is 2.74 bits per heavy atom. The van der Waals surface area contributed by atoms with Crippen molar-refractivity contribution >= 4 is 23.3 Å². The lowest BCUT2D eigenvalue weighted by molar-refractivity contribution is -0.143. The van der Waals surface area contributed by atoms with E-state index in [1.807, 2.05) is 12.3 Å². The molecule has 1 saturated carbocycles. The van der Waals surface area contributed by atoms with Gasteiger partial charge < -0.3 is 15.3 Å². The van der Waals surface area contributed by atoms with Crippen molar-refractivity contribution in [3.8, 4) is 0 Å². The lowest BCUT2D eigenvalue weighted by Gasteiger charge is -2.18. The van der Waals surface area contributed by atoms with Gasteiger partial charge in [-0.1, -0.05) is 0 Å². The van der Waals surface area contributed by atoms with E-state index >= 15 is 0 Å². The zero-order valence-corrected chi connectivity index (χ0v) is 11.8. The molecule has 0 saturated heterocycles. The fourth-order valence-electron chi connectivity index (χ4n) is 1.79. The van der Waals surface area contributed by atoms with Gasteiger partial charge in [-0.25, -0.2) is 9.78 Å². The Kier molecular flexibility index (Phi) is 3.75. The minimum atomic E-state index is -0.828. The van der Waals surface area contributed by atoms with E-state index in [0.717, 1.165) is 10.7 Å². The van der Waals surface area contributed by atoms with Crippen LogP contribution in [0.25, 0.3) is 0 Å². The standard InChI is InChI=1S/C12H17N3O3S/c1-8-14-9(6-19-8)5-15(2)11(18)13-7-12(3-4-12)10(16)17/h6H,3-5,7H2,1-2H3,(H,13,18)(H,16,17). The summed E-state index contributed by atoms with van der Waals surface area (Å²) < 4.78 is 0. The Hall–Kier alpha value is -1.63. The van der Waals surface area contributed by atoms with Gasteiger partial charge in [0.1, 0.15) is 0 Å². The molecule has 2 N–H and O–H groups in total. The second-order valence-corrected chi connectivity index (χ2v) is 6.02. The van der Waals surface area contributed by atoms with Gasteiger partial charge in [0, 0.05) is 19.0 Å². The first-order chi connectivity index (χ1) is 8.93. The molecule has 2 amide bonds. The summed E-state index contributed by atoms with van der Waals surface area (Å²) >= 11 is 1.54. The second-order valence-electron chi connectivity index (χ2n) is 4.96. The van der Waals surface area contributed by atoms with Crippen LogP contribution in [0.2, 0.25) is 0 Å². The number of carboxylic acids is 1. The number of nitrogens with zero attached hydrogens (tertiary/aromatic N) is 2. The number of amides is 2. The molecule has 0 bridgehead atoms. The Morgan fingerprint density at radius 1 is 1.58 bits per heavy atom. The Balaban J connectivity index is 1.81. The van der Waals surface area contributed by atoms with Gasteiger partial charge in [0.15, 0.2) is 0 Å². The molecule has 104 valence electrons. The van der Waals surface area contributed by atoms with Gasteiger partial charge in [0.25, 0.3) is 0 Å². The van der Waals surface area contributed by atoms with E-state index in [2.05, 4.69) is 10.3 Å². The molecule has 1 heterocycles. The van der Waals surface area contributed by atoms with Crippen LogP contribution in [0.15, 0.2) is 5.38 Å². The molecule has 2 rings (SSSR count). The van der Waals surface area contributed by atoms with Gasteiger partial charge in [-0.15, -0.1) is 11.3 Å². The first-order valence-electron chi connectivity index (χ1n) is 6.06. The van der Waals surface area contributed by atoms with Crippen molar-refractivity contribution < 1.29 is 14.7 Å². The molecular formula is C12H17N3O3S. The minimum absolute atomic E-state index is 0.196. The second kappa shape index (κ2) is 5.16. The number of nitrogens with one attached hydrogen (secondary N) is 1. The van der Waals surface area contributed by atoms with Gasteiger partial charge >= 0.3 is 12.0 Å². The highest BCUT2D eigenvalue weighted by molar-refractivity contribution is 7.09. The number of carbonyl (C=O) groups excluding carboxylic acids is 1. The maximum atomic E-state index is 11.8. The molecule has 0 atom stereocenters. The molecule has 1 aliphatic rings. The van der Waals surface area contributed by atoms with Crippen LogP contribution in [0.3, 0.4) is 0 Å². The Labute approximate surface area is 115 Å². The molecule has 0 unspecified atom stereocenters. The fraction of sp³-hybridized carbons (Fsp3) is 0.583. The summed E-state index contributed by atoms with van der Waals surface area (Å²) in [6.07, 6.45) is 1.27. The van der Waals surface area contributed by atoms with Crippen molar-refractivity contribution in [2.75, 3.05) is 13.6 Å². The van der Waals surface area contributed by atoms with E-state index in [4.69, 9.17) is 5.11 Å². The number of carboxylic acid groups (broad SMARTS) is 1. The predicted molar refractivity (Wildman–Crippen MR) is 71.0 cm³/mol. The van der Waals surface area contributed by atoms with Crippen molar-refractivity contribution in [3.63, 3.8) is 0 Å². The molecule has 0 aromatic carbocycles. The van der Waals surface area contributed by atoms with Crippen LogP contribution in [0.4, 0.5) is 4.79 Å². The lowest BCUT2D eigenvalue weighted by atomic mass is 10.1. The number of aryl methyl sites for hydroxylation is 1. The van der Waals surface area contributed by atoms with Gasteiger partial charge in [0.05, 0.1) is 22.7 Å². The summed E-state index contributed by atoms with van der Waals surface area (Å²) in [6.45, 7) is 2.54. The predicted octanol–water partition coefficient (Wildman–Crippen LogP) is 1.46. The number of hydrogen-bond donors (Lipinski definition) is 2. The largest absolute Gasteiger partial charge is 0.481 e. The molecule has 19 heavy (non-hydrogen) atoms. The third kappa shape index (κ3) is 3.23. The number of hydrogen-bond acceptors (Lipinski definition) is 4. The maximum absolute atomic E-state index is 11.8. The monoisotopic (exact) mass is 283 g/mol. The fourth-order valence-corrected chi connectivity index (χ4v) is 2.40. The van der Waals surface area contributed by atoms with Gasteiger partial charge in [0.2, 0.25) is 0 Å². The normalized spacial score (nSPS) is 15.9. The molecule has 7 heteroatoms. The summed E-state index contributed by atoms with van der Waals surface area (Å²) in [6, 6.07) is -0.266.